The van der Waals surface area contributed by atoms with Crippen LogP contribution in [0.3, 0.4) is 0 Å². The van der Waals surface area contributed by atoms with E-state index in [-0.39, 0.29) is 5.91 Å². The third kappa shape index (κ3) is 3.66. The Labute approximate surface area is 161 Å². The highest BCUT2D eigenvalue weighted by molar-refractivity contribution is 7.17. The molecule has 3 rings (SSSR count). The van der Waals surface area contributed by atoms with Crippen LogP contribution in [0, 0.1) is 13.8 Å². The fourth-order valence-corrected chi connectivity index (χ4v) is 4.36. The Morgan fingerprint density at radius 1 is 1.22 bits per heavy atom. The molecule has 0 saturated heterocycles. The van der Waals surface area contributed by atoms with Crippen molar-refractivity contribution in [1.82, 2.24) is 4.90 Å². The van der Waals surface area contributed by atoms with Gasteiger partial charge in [0.25, 0.3) is 11.8 Å². The maximum Gasteiger partial charge on any atom is 0.409 e. The monoisotopic (exact) mass is 387 g/mol. The Bertz CT molecular complexity index is 935. The van der Waals surface area contributed by atoms with Crippen LogP contribution >= 0.6 is 11.3 Å². The zero-order valence-electron chi connectivity index (χ0n) is 15.4. The van der Waals surface area contributed by atoms with E-state index in [9.17, 15) is 14.4 Å². The third-order valence-electron chi connectivity index (χ3n) is 4.73. The number of primary amides is 1. The number of ether oxygens (including phenoxy) is 1. The summed E-state index contributed by atoms with van der Waals surface area (Å²) in [4.78, 5) is 38.8. The maximum atomic E-state index is 12.6. The van der Waals surface area contributed by atoms with Crippen molar-refractivity contribution in [2.24, 2.45) is 5.73 Å². The minimum Gasteiger partial charge on any atom is -0.453 e. The van der Waals surface area contributed by atoms with Crippen LogP contribution in [0.1, 0.15) is 42.3 Å². The van der Waals surface area contributed by atoms with E-state index in [1.807, 2.05) is 19.9 Å². The van der Waals surface area contributed by atoms with E-state index in [1.54, 1.807) is 17.0 Å². The molecular weight excluding hydrogens is 366 g/mol. The summed E-state index contributed by atoms with van der Waals surface area (Å²) in [5.74, 6) is -0.890. The predicted octanol–water partition coefficient (Wildman–Crippen LogP) is 2.84. The van der Waals surface area contributed by atoms with Gasteiger partial charge in [-0.25, -0.2) is 4.79 Å². The zero-order valence-corrected chi connectivity index (χ0v) is 16.2. The van der Waals surface area contributed by atoms with Gasteiger partial charge in [-0.05, 0) is 49.1 Å². The number of nitrogens with two attached hydrogens (primary N) is 1. The van der Waals surface area contributed by atoms with Crippen molar-refractivity contribution in [1.29, 1.82) is 0 Å². The standard InChI is InChI=1S/C19H21N3O4S/c1-10-4-5-12(8-11(10)2)17(24)21-18-15(16(20)23)13-6-7-22(19(25)26-3)9-14(13)27-18/h4-5,8H,6-7,9H2,1-3H3,(H2,20,23)(H,21,24). The van der Waals surface area contributed by atoms with Crippen molar-refractivity contribution in [3.8, 4) is 0 Å². The highest BCUT2D eigenvalue weighted by Gasteiger charge is 2.30. The first-order valence-electron chi connectivity index (χ1n) is 8.47. The average molecular weight is 387 g/mol. The van der Waals surface area contributed by atoms with Crippen LogP contribution in [-0.4, -0.2) is 36.5 Å². The van der Waals surface area contributed by atoms with Crippen LogP contribution in [-0.2, 0) is 17.7 Å². The fraction of sp³-hybridized carbons (Fsp3) is 0.316. The van der Waals surface area contributed by atoms with Gasteiger partial charge in [0.1, 0.15) is 5.00 Å². The van der Waals surface area contributed by atoms with E-state index in [0.29, 0.717) is 35.6 Å². The molecule has 3 N–H and O–H groups in total. The minimum atomic E-state index is -0.589. The second kappa shape index (κ2) is 7.40. The smallest absolute Gasteiger partial charge is 0.409 e. The number of nitrogens with zero attached hydrogens (tertiary/aromatic N) is 1. The molecule has 8 heteroatoms. The van der Waals surface area contributed by atoms with Crippen molar-refractivity contribution in [2.75, 3.05) is 19.0 Å². The van der Waals surface area contributed by atoms with Crippen LogP contribution in [0.25, 0.3) is 0 Å². The molecule has 2 heterocycles. The number of fused-ring (bicyclic) bond motifs is 1. The van der Waals surface area contributed by atoms with Crippen LogP contribution in [0.2, 0.25) is 0 Å². The van der Waals surface area contributed by atoms with Crippen molar-refractivity contribution in [3.05, 3.63) is 50.9 Å². The zero-order chi connectivity index (χ0) is 19.7. The highest BCUT2D eigenvalue weighted by Crippen LogP contribution is 2.37. The number of amides is 3. The molecule has 0 spiro atoms. The molecule has 0 bridgehead atoms. The van der Waals surface area contributed by atoms with Crippen LogP contribution in [0.4, 0.5) is 9.80 Å². The van der Waals surface area contributed by atoms with E-state index < -0.39 is 12.0 Å². The molecule has 0 atom stereocenters. The van der Waals surface area contributed by atoms with E-state index in [0.717, 1.165) is 21.6 Å². The van der Waals surface area contributed by atoms with E-state index in [2.05, 4.69) is 5.32 Å². The molecule has 0 radical (unpaired) electrons. The summed E-state index contributed by atoms with van der Waals surface area (Å²) in [6, 6.07) is 5.43. The molecule has 2 aromatic rings. The summed E-state index contributed by atoms with van der Waals surface area (Å²) < 4.78 is 4.76. The number of methoxy groups -OCH3 is 1. The number of nitrogens with one attached hydrogen (secondary N) is 1. The first-order valence-corrected chi connectivity index (χ1v) is 9.29. The Morgan fingerprint density at radius 3 is 2.59 bits per heavy atom. The van der Waals surface area contributed by atoms with Crippen LogP contribution < -0.4 is 11.1 Å². The molecule has 1 aliphatic heterocycles. The minimum absolute atomic E-state index is 0.302. The van der Waals surface area contributed by atoms with Crippen LogP contribution in [0.15, 0.2) is 18.2 Å². The van der Waals surface area contributed by atoms with Gasteiger partial charge in [-0.15, -0.1) is 11.3 Å². The van der Waals surface area contributed by atoms with Gasteiger partial charge < -0.3 is 20.7 Å². The second-order valence-electron chi connectivity index (χ2n) is 6.47. The first kappa shape index (κ1) is 18.9. The summed E-state index contributed by atoms with van der Waals surface area (Å²) >= 11 is 1.27. The van der Waals surface area contributed by atoms with Crippen molar-refractivity contribution in [2.45, 2.75) is 26.8 Å². The van der Waals surface area contributed by atoms with Crippen molar-refractivity contribution < 1.29 is 19.1 Å². The Hall–Kier alpha value is -2.87. The molecule has 0 aliphatic carbocycles. The SMILES string of the molecule is COC(=O)N1CCc2c(sc(NC(=O)c3ccc(C)c(C)c3)c2C(N)=O)C1. The second-order valence-corrected chi connectivity index (χ2v) is 7.57. The number of benzene rings is 1. The fourth-order valence-electron chi connectivity index (χ4n) is 3.10. The quantitative estimate of drug-likeness (QED) is 0.845. The molecule has 1 aromatic carbocycles. The normalized spacial score (nSPS) is 13.1. The first-order chi connectivity index (χ1) is 12.8. The predicted molar refractivity (Wildman–Crippen MR) is 103 cm³/mol. The molecule has 7 nitrogen and oxygen atoms in total. The van der Waals surface area contributed by atoms with Crippen molar-refractivity contribution in [3.63, 3.8) is 0 Å². The lowest BCUT2D eigenvalue weighted by Crippen LogP contribution is -2.35. The number of aryl methyl sites for hydroxylation is 2. The lowest BCUT2D eigenvalue weighted by atomic mass is 10.0. The number of hydrogen-bond acceptors (Lipinski definition) is 5. The highest BCUT2D eigenvalue weighted by atomic mass is 32.1. The number of carbonyl (C=O) groups excluding carboxylic acids is 3. The molecular formula is C19H21N3O4S. The molecule has 3 amide bonds. The van der Waals surface area contributed by atoms with Gasteiger partial charge in [-0.1, -0.05) is 6.07 Å². The number of thiophene rings is 1. The molecule has 142 valence electrons. The number of rotatable bonds is 3. The van der Waals surface area contributed by atoms with Gasteiger partial charge in [-0.3, -0.25) is 9.59 Å². The maximum absolute atomic E-state index is 12.6. The van der Waals surface area contributed by atoms with Gasteiger partial charge in [0, 0.05) is 17.0 Å². The van der Waals surface area contributed by atoms with Crippen LogP contribution in [0.5, 0.6) is 0 Å². The lowest BCUT2D eigenvalue weighted by Gasteiger charge is -2.25. The molecule has 1 aromatic heterocycles. The Kier molecular flexibility index (Phi) is 5.18. The number of anilines is 1. The third-order valence-corrected chi connectivity index (χ3v) is 5.86. The van der Waals surface area contributed by atoms with E-state index >= 15 is 0 Å². The molecule has 27 heavy (non-hydrogen) atoms. The van der Waals surface area contributed by atoms with E-state index in [1.165, 1.54) is 18.4 Å². The Morgan fingerprint density at radius 2 is 1.96 bits per heavy atom. The van der Waals surface area contributed by atoms with Gasteiger partial charge in [0.05, 0.1) is 19.2 Å². The summed E-state index contributed by atoms with van der Waals surface area (Å²) in [7, 11) is 1.33. The summed E-state index contributed by atoms with van der Waals surface area (Å²) in [6.07, 6.45) is 0.0639. The van der Waals surface area contributed by atoms with Gasteiger partial charge in [-0.2, -0.15) is 0 Å². The molecule has 0 fully saturated rings. The molecule has 1 aliphatic rings. The summed E-state index contributed by atoms with van der Waals surface area (Å²) in [6.45, 7) is 4.67. The number of carbonyl (C=O) groups is 3. The topological polar surface area (TPSA) is 102 Å². The number of hydrogen-bond donors (Lipinski definition) is 2. The van der Waals surface area contributed by atoms with E-state index in [4.69, 9.17) is 10.5 Å². The Balaban J connectivity index is 1.90. The molecule has 0 unspecified atom stereocenters. The molecule has 0 saturated carbocycles. The van der Waals surface area contributed by atoms with Gasteiger partial charge in [0.15, 0.2) is 0 Å². The lowest BCUT2D eigenvalue weighted by molar-refractivity contribution is 0.0999. The largest absolute Gasteiger partial charge is 0.453 e. The van der Waals surface area contributed by atoms with Gasteiger partial charge in [0.2, 0.25) is 0 Å². The summed E-state index contributed by atoms with van der Waals surface area (Å²) in [5.41, 5.74) is 9.32. The van der Waals surface area contributed by atoms with Gasteiger partial charge >= 0.3 is 6.09 Å². The average Bonchev–Trinajstić information content (AvgIpc) is 3.00. The van der Waals surface area contributed by atoms with Crippen molar-refractivity contribution >= 4 is 34.2 Å². The summed E-state index contributed by atoms with van der Waals surface area (Å²) in [5, 5.41) is 3.23.